The summed E-state index contributed by atoms with van der Waals surface area (Å²) >= 11 is 0. The molecule has 4 rings (SSSR count). The highest BCUT2D eigenvalue weighted by molar-refractivity contribution is 5.76. The molecule has 2 fully saturated rings. The summed E-state index contributed by atoms with van der Waals surface area (Å²) in [6, 6.07) is 5.87. The quantitative estimate of drug-likeness (QED) is 0.814. The third-order valence-corrected chi connectivity index (χ3v) is 6.00. The summed E-state index contributed by atoms with van der Waals surface area (Å²) in [6.45, 7) is 3.62. The van der Waals surface area contributed by atoms with Crippen molar-refractivity contribution in [3.05, 3.63) is 42.0 Å². The van der Waals surface area contributed by atoms with E-state index in [-0.39, 0.29) is 0 Å². The average Bonchev–Trinajstić information content (AvgIpc) is 3.39. The topological polar surface area (TPSA) is 71.0 Å². The summed E-state index contributed by atoms with van der Waals surface area (Å²) in [7, 11) is 0. The number of likely N-dealkylation sites (tertiary alicyclic amines) is 1. The van der Waals surface area contributed by atoms with E-state index in [1.165, 1.54) is 25.7 Å². The molecule has 6 heteroatoms. The predicted molar refractivity (Wildman–Crippen MR) is 109 cm³/mol. The molecule has 28 heavy (non-hydrogen) atoms. The molecule has 1 saturated carbocycles. The normalized spacial score (nSPS) is 19.9. The molecule has 3 heterocycles. The fourth-order valence-corrected chi connectivity index (χ4v) is 4.48. The number of carbonyl (C=O) groups excluding carboxylic acids is 1. The van der Waals surface area contributed by atoms with E-state index in [2.05, 4.69) is 21.4 Å². The van der Waals surface area contributed by atoms with Crippen LogP contribution < -0.4 is 5.32 Å². The van der Waals surface area contributed by atoms with Crippen LogP contribution in [0.1, 0.15) is 62.3 Å². The van der Waals surface area contributed by atoms with Crippen LogP contribution in [0.4, 0.5) is 11.6 Å². The lowest BCUT2D eigenvalue weighted by molar-refractivity contribution is -0.130. The van der Waals surface area contributed by atoms with Gasteiger partial charge in [0.2, 0.25) is 11.9 Å². The molecule has 2 aromatic heterocycles. The summed E-state index contributed by atoms with van der Waals surface area (Å²) in [6.07, 6.45) is 11.5. The number of nitrogens with one attached hydrogen (secondary N) is 1. The van der Waals surface area contributed by atoms with Crippen molar-refractivity contribution in [2.45, 2.75) is 57.8 Å². The van der Waals surface area contributed by atoms with Crippen LogP contribution in [-0.2, 0) is 4.79 Å². The number of nitrogens with zero attached hydrogens (tertiary/aromatic N) is 4. The lowest BCUT2D eigenvalue weighted by Gasteiger charge is -2.18. The Morgan fingerprint density at radius 1 is 1.18 bits per heavy atom. The van der Waals surface area contributed by atoms with Gasteiger partial charge in [0, 0.05) is 54.9 Å². The van der Waals surface area contributed by atoms with Crippen molar-refractivity contribution in [1.29, 1.82) is 0 Å². The van der Waals surface area contributed by atoms with Gasteiger partial charge in [-0.25, -0.2) is 9.97 Å². The SMILES string of the molecule is Cc1cc(Nc2ncccn2)cc([C@@H]2CCN(C(=O)CCC3CCCC3)C2)n1. The molecule has 2 aromatic rings. The minimum atomic E-state index is 0.299. The maximum Gasteiger partial charge on any atom is 0.227 e. The molecule has 2 aliphatic rings. The van der Waals surface area contributed by atoms with Crippen LogP contribution in [0.15, 0.2) is 30.6 Å². The van der Waals surface area contributed by atoms with Gasteiger partial charge in [-0.1, -0.05) is 25.7 Å². The van der Waals surface area contributed by atoms with Crippen molar-refractivity contribution in [3.8, 4) is 0 Å². The molecule has 0 unspecified atom stereocenters. The number of pyridine rings is 1. The molecule has 0 bridgehead atoms. The van der Waals surface area contributed by atoms with Gasteiger partial charge in [-0.3, -0.25) is 9.78 Å². The van der Waals surface area contributed by atoms with Crippen molar-refractivity contribution in [2.24, 2.45) is 5.92 Å². The molecule has 6 nitrogen and oxygen atoms in total. The van der Waals surface area contributed by atoms with Gasteiger partial charge in [0.1, 0.15) is 0 Å². The Balaban J connectivity index is 1.37. The first-order valence-corrected chi connectivity index (χ1v) is 10.5. The van der Waals surface area contributed by atoms with Gasteiger partial charge in [0.25, 0.3) is 0 Å². The van der Waals surface area contributed by atoms with Crippen LogP contribution >= 0.6 is 0 Å². The van der Waals surface area contributed by atoms with Crippen molar-refractivity contribution in [1.82, 2.24) is 19.9 Å². The molecule has 1 amide bonds. The molecule has 1 atom stereocenters. The van der Waals surface area contributed by atoms with Crippen LogP contribution in [0.5, 0.6) is 0 Å². The van der Waals surface area contributed by atoms with Crippen LogP contribution in [0.25, 0.3) is 0 Å². The smallest absolute Gasteiger partial charge is 0.227 e. The number of hydrogen-bond acceptors (Lipinski definition) is 5. The highest BCUT2D eigenvalue weighted by Gasteiger charge is 2.29. The minimum absolute atomic E-state index is 0.299. The van der Waals surface area contributed by atoms with Crippen LogP contribution in [0, 0.1) is 12.8 Å². The number of amides is 1. The standard InChI is InChI=1S/C22H29N5O/c1-16-13-19(26-22-23-10-4-11-24-22)14-20(25-16)18-9-12-27(15-18)21(28)8-7-17-5-2-3-6-17/h4,10-11,13-14,17-18H,2-3,5-9,12,15H2,1H3,(H,23,24,25,26)/t18-/m1/s1. The Hall–Kier alpha value is -2.50. The van der Waals surface area contributed by atoms with E-state index in [4.69, 9.17) is 4.98 Å². The Morgan fingerprint density at radius 2 is 1.96 bits per heavy atom. The van der Waals surface area contributed by atoms with E-state index in [0.29, 0.717) is 24.2 Å². The zero-order valence-electron chi connectivity index (χ0n) is 16.6. The molecule has 1 saturated heterocycles. The van der Waals surface area contributed by atoms with Crippen LogP contribution in [0.2, 0.25) is 0 Å². The van der Waals surface area contributed by atoms with Gasteiger partial charge >= 0.3 is 0 Å². The zero-order valence-corrected chi connectivity index (χ0v) is 16.6. The Morgan fingerprint density at radius 3 is 2.75 bits per heavy atom. The van der Waals surface area contributed by atoms with Gasteiger partial charge in [-0.15, -0.1) is 0 Å². The van der Waals surface area contributed by atoms with Crippen molar-refractivity contribution in [3.63, 3.8) is 0 Å². The van der Waals surface area contributed by atoms with Crippen LogP contribution in [0.3, 0.4) is 0 Å². The first-order chi connectivity index (χ1) is 13.7. The molecule has 1 aliphatic heterocycles. The van der Waals surface area contributed by atoms with E-state index in [1.807, 2.05) is 17.9 Å². The summed E-state index contributed by atoms with van der Waals surface area (Å²) in [5.41, 5.74) is 2.95. The third kappa shape index (κ3) is 4.66. The minimum Gasteiger partial charge on any atom is -0.342 e. The monoisotopic (exact) mass is 379 g/mol. The summed E-state index contributed by atoms with van der Waals surface area (Å²) in [5.74, 6) is 1.97. The van der Waals surface area contributed by atoms with E-state index in [0.717, 1.165) is 48.9 Å². The average molecular weight is 380 g/mol. The highest BCUT2D eigenvalue weighted by Crippen LogP contribution is 2.31. The van der Waals surface area contributed by atoms with Gasteiger partial charge in [0.15, 0.2) is 0 Å². The lowest BCUT2D eigenvalue weighted by Crippen LogP contribution is -2.28. The van der Waals surface area contributed by atoms with Gasteiger partial charge in [0.05, 0.1) is 0 Å². The number of anilines is 2. The Bertz CT molecular complexity index is 804. The number of hydrogen-bond donors (Lipinski definition) is 1. The third-order valence-electron chi connectivity index (χ3n) is 6.00. The lowest BCUT2D eigenvalue weighted by atomic mass is 10.0. The second-order valence-corrected chi connectivity index (χ2v) is 8.13. The van der Waals surface area contributed by atoms with Gasteiger partial charge in [-0.05, 0) is 43.9 Å². The second kappa shape index (κ2) is 8.67. The molecule has 0 radical (unpaired) electrons. The number of aryl methyl sites for hydroxylation is 1. The first-order valence-electron chi connectivity index (χ1n) is 10.5. The second-order valence-electron chi connectivity index (χ2n) is 8.13. The van der Waals surface area contributed by atoms with E-state index < -0.39 is 0 Å². The maximum atomic E-state index is 12.6. The first kappa shape index (κ1) is 18.8. The van der Waals surface area contributed by atoms with Crippen molar-refractivity contribution in [2.75, 3.05) is 18.4 Å². The van der Waals surface area contributed by atoms with E-state index >= 15 is 0 Å². The largest absolute Gasteiger partial charge is 0.342 e. The maximum absolute atomic E-state index is 12.6. The highest BCUT2D eigenvalue weighted by atomic mass is 16.2. The van der Waals surface area contributed by atoms with Gasteiger partial charge in [-0.2, -0.15) is 0 Å². The molecule has 148 valence electrons. The molecule has 0 aromatic carbocycles. The van der Waals surface area contributed by atoms with Crippen molar-refractivity contribution >= 4 is 17.5 Å². The summed E-state index contributed by atoms with van der Waals surface area (Å²) < 4.78 is 0. The van der Waals surface area contributed by atoms with Crippen LogP contribution in [-0.4, -0.2) is 38.8 Å². The zero-order chi connectivity index (χ0) is 19.3. The number of aromatic nitrogens is 3. The molecule has 0 spiro atoms. The van der Waals surface area contributed by atoms with E-state index in [1.54, 1.807) is 18.5 Å². The Labute approximate surface area is 166 Å². The molecule has 1 aliphatic carbocycles. The predicted octanol–water partition coefficient (Wildman–Crippen LogP) is 4.21. The number of rotatable bonds is 6. The molecule has 1 N–H and O–H groups in total. The summed E-state index contributed by atoms with van der Waals surface area (Å²) in [4.78, 5) is 27.9. The summed E-state index contributed by atoms with van der Waals surface area (Å²) in [5, 5.41) is 3.25. The fraction of sp³-hybridized carbons (Fsp3) is 0.545. The molecular formula is C22H29N5O. The van der Waals surface area contributed by atoms with E-state index in [9.17, 15) is 4.79 Å². The van der Waals surface area contributed by atoms with Crippen molar-refractivity contribution < 1.29 is 4.79 Å². The molecular weight excluding hydrogens is 350 g/mol. The van der Waals surface area contributed by atoms with Gasteiger partial charge < -0.3 is 10.2 Å². The fourth-order valence-electron chi connectivity index (χ4n) is 4.48. The number of carbonyl (C=O) groups is 1. The Kier molecular flexibility index (Phi) is 5.84.